The first-order valence-corrected chi connectivity index (χ1v) is 6.56. The molecule has 2 aliphatic rings. The SMILES string of the molecule is CC(=O)N1C=C(C2=CCCCN2C(C)=O)CCC1. The fourth-order valence-electron chi connectivity index (χ4n) is 2.55. The van der Waals surface area contributed by atoms with Gasteiger partial charge in [0.05, 0.1) is 0 Å². The van der Waals surface area contributed by atoms with Crippen LogP contribution in [-0.2, 0) is 9.59 Å². The molecule has 18 heavy (non-hydrogen) atoms. The Morgan fingerprint density at radius 2 is 1.89 bits per heavy atom. The molecule has 2 heterocycles. The van der Waals surface area contributed by atoms with Crippen molar-refractivity contribution >= 4 is 11.8 Å². The molecule has 0 aromatic rings. The van der Waals surface area contributed by atoms with E-state index < -0.39 is 0 Å². The summed E-state index contributed by atoms with van der Waals surface area (Å²) in [5.74, 6) is 0.153. The maximum atomic E-state index is 11.6. The lowest BCUT2D eigenvalue weighted by molar-refractivity contribution is -0.127. The van der Waals surface area contributed by atoms with E-state index in [1.54, 1.807) is 18.7 Å². The van der Waals surface area contributed by atoms with E-state index in [0.717, 1.165) is 50.0 Å². The van der Waals surface area contributed by atoms with Gasteiger partial charge in [-0.2, -0.15) is 0 Å². The van der Waals surface area contributed by atoms with Crippen LogP contribution in [0.5, 0.6) is 0 Å². The fourth-order valence-corrected chi connectivity index (χ4v) is 2.55. The van der Waals surface area contributed by atoms with Gasteiger partial charge < -0.3 is 9.80 Å². The first-order chi connectivity index (χ1) is 8.59. The summed E-state index contributed by atoms with van der Waals surface area (Å²) in [6, 6.07) is 0. The van der Waals surface area contributed by atoms with Gasteiger partial charge in [0, 0.05) is 38.8 Å². The molecule has 0 fully saturated rings. The Bertz CT molecular complexity index is 424. The molecule has 2 rings (SSSR count). The van der Waals surface area contributed by atoms with E-state index in [-0.39, 0.29) is 11.8 Å². The lowest BCUT2D eigenvalue weighted by Crippen LogP contribution is -2.34. The second kappa shape index (κ2) is 5.38. The van der Waals surface area contributed by atoms with Crippen molar-refractivity contribution in [2.75, 3.05) is 13.1 Å². The molecule has 0 bridgehead atoms. The molecule has 0 N–H and O–H groups in total. The van der Waals surface area contributed by atoms with Crippen molar-refractivity contribution in [1.82, 2.24) is 9.80 Å². The zero-order chi connectivity index (χ0) is 13.1. The average Bonchev–Trinajstić information content (AvgIpc) is 2.39. The summed E-state index contributed by atoms with van der Waals surface area (Å²) in [7, 11) is 0. The van der Waals surface area contributed by atoms with E-state index in [1.807, 2.05) is 11.1 Å². The number of rotatable bonds is 1. The lowest BCUT2D eigenvalue weighted by Gasteiger charge is -2.32. The lowest BCUT2D eigenvalue weighted by atomic mass is 9.99. The molecular formula is C14H20N2O2. The molecule has 2 aliphatic heterocycles. The van der Waals surface area contributed by atoms with Gasteiger partial charge in [0.1, 0.15) is 0 Å². The maximum absolute atomic E-state index is 11.6. The van der Waals surface area contributed by atoms with Crippen molar-refractivity contribution in [3.05, 3.63) is 23.5 Å². The Morgan fingerprint density at radius 1 is 1.11 bits per heavy atom. The first-order valence-electron chi connectivity index (χ1n) is 6.56. The van der Waals surface area contributed by atoms with Gasteiger partial charge in [-0.25, -0.2) is 0 Å². The molecule has 0 aliphatic carbocycles. The summed E-state index contributed by atoms with van der Waals surface area (Å²) < 4.78 is 0. The summed E-state index contributed by atoms with van der Waals surface area (Å²) in [4.78, 5) is 26.6. The summed E-state index contributed by atoms with van der Waals surface area (Å²) in [6.07, 6.45) is 7.98. The van der Waals surface area contributed by atoms with Gasteiger partial charge in [-0.15, -0.1) is 0 Å². The van der Waals surface area contributed by atoms with Crippen molar-refractivity contribution < 1.29 is 9.59 Å². The smallest absolute Gasteiger partial charge is 0.223 e. The third kappa shape index (κ3) is 2.63. The Kier molecular flexibility index (Phi) is 3.84. The van der Waals surface area contributed by atoms with E-state index in [0.29, 0.717) is 0 Å². The minimum atomic E-state index is 0.0676. The van der Waals surface area contributed by atoms with Crippen molar-refractivity contribution in [3.8, 4) is 0 Å². The molecule has 98 valence electrons. The molecule has 0 saturated heterocycles. The highest BCUT2D eigenvalue weighted by atomic mass is 16.2. The van der Waals surface area contributed by atoms with E-state index >= 15 is 0 Å². The minimum absolute atomic E-state index is 0.0676. The number of carbonyl (C=O) groups excluding carboxylic acids is 2. The highest BCUT2D eigenvalue weighted by molar-refractivity contribution is 5.77. The normalized spacial score (nSPS) is 20.3. The zero-order valence-electron chi connectivity index (χ0n) is 11.1. The van der Waals surface area contributed by atoms with Crippen LogP contribution in [0.3, 0.4) is 0 Å². The quantitative estimate of drug-likeness (QED) is 0.712. The van der Waals surface area contributed by atoms with Gasteiger partial charge in [0.25, 0.3) is 0 Å². The maximum Gasteiger partial charge on any atom is 0.223 e. The van der Waals surface area contributed by atoms with Crippen LogP contribution in [0.25, 0.3) is 0 Å². The van der Waals surface area contributed by atoms with E-state index in [9.17, 15) is 9.59 Å². The van der Waals surface area contributed by atoms with Gasteiger partial charge >= 0.3 is 0 Å². The molecule has 0 radical (unpaired) electrons. The van der Waals surface area contributed by atoms with Crippen LogP contribution in [0.4, 0.5) is 0 Å². The van der Waals surface area contributed by atoms with Crippen molar-refractivity contribution in [3.63, 3.8) is 0 Å². The van der Waals surface area contributed by atoms with Crippen LogP contribution in [0.1, 0.15) is 39.5 Å². The van der Waals surface area contributed by atoms with Crippen LogP contribution in [0.2, 0.25) is 0 Å². The molecular weight excluding hydrogens is 228 g/mol. The van der Waals surface area contributed by atoms with Crippen LogP contribution in [0.15, 0.2) is 23.5 Å². The fraction of sp³-hybridized carbons (Fsp3) is 0.571. The third-order valence-electron chi connectivity index (χ3n) is 3.48. The third-order valence-corrected chi connectivity index (χ3v) is 3.48. The van der Waals surface area contributed by atoms with Crippen LogP contribution in [-0.4, -0.2) is 34.7 Å². The Hall–Kier alpha value is -1.58. The largest absolute Gasteiger partial charge is 0.319 e. The molecule has 4 nitrogen and oxygen atoms in total. The molecule has 0 atom stereocenters. The summed E-state index contributed by atoms with van der Waals surface area (Å²) >= 11 is 0. The highest BCUT2D eigenvalue weighted by Gasteiger charge is 2.23. The summed E-state index contributed by atoms with van der Waals surface area (Å²) in [6.45, 7) is 4.76. The van der Waals surface area contributed by atoms with Gasteiger partial charge in [-0.05, 0) is 31.3 Å². The molecule has 0 aromatic carbocycles. The molecule has 0 aromatic heterocycles. The van der Waals surface area contributed by atoms with Crippen LogP contribution in [0, 0.1) is 0 Å². The predicted octanol–water partition coefficient (Wildman–Crippen LogP) is 2.04. The van der Waals surface area contributed by atoms with Gasteiger partial charge in [0.2, 0.25) is 11.8 Å². The molecule has 0 saturated carbocycles. The Morgan fingerprint density at radius 3 is 2.56 bits per heavy atom. The summed E-state index contributed by atoms with van der Waals surface area (Å²) in [5, 5.41) is 0. The number of amides is 2. The second-order valence-electron chi connectivity index (χ2n) is 4.87. The topological polar surface area (TPSA) is 40.6 Å². The first kappa shape index (κ1) is 12.9. The van der Waals surface area contributed by atoms with Gasteiger partial charge in [0.15, 0.2) is 0 Å². The Balaban J connectivity index is 2.26. The second-order valence-corrected chi connectivity index (χ2v) is 4.87. The number of nitrogens with zero attached hydrogens (tertiary/aromatic N) is 2. The van der Waals surface area contributed by atoms with Crippen molar-refractivity contribution in [2.24, 2.45) is 0 Å². The van der Waals surface area contributed by atoms with E-state index in [1.165, 1.54) is 0 Å². The molecule has 2 amide bonds. The zero-order valence-corrected chi connectivity index (χ0v) is 11.1. The molecule has 0 unspecified atom stereocenters. The number of hydrogen-bond acceptors (Lipinski definition) is 2. The number of hydrogen-bond donors (Lipinski definition) is 0. The average molecular weight is 248 g/mol. The van der Waals surface area contributed by atoms with Crippen molar-refractivity contribution in [1.29, 1.82) is 0 Å². The molecule has 0 spiro atoms. The van der Waals surface area contributed by atoms with E-state index in [4.69, 9.17) is 0 Å². The Labute approximate surface area is 108 Å². The van der Waals surface area contributed by atoms with Crippen LogP contribution >= 0.6 is 0 Å². The number of allylic oxidation sites excluding steroid dienone is 2. The van der Waals surface area contributed by atoms with Gasteiger partial charge in [-0.3, -0.25) is 9.59 Å². The monoisotopic (exact) mass is 248 g/mol. The summed E-state index contributed by atoms with van der Waals surface area (Å²) in [5.41, 5.74) is 2.13. The van der Waals surface area contributed by atoms with Crippen molar-refractivity contribution in [2.45, 2.75) is 39.5 Å². The molecule has 4 heteroatoms. The minimum Gasteiger partial charge on any atom is -0.319 e. The van der Waals surface area contributed by atoms with E-state index in [2.05, 4.69) is 6.08 Å². The highest BCUT2D eigenvalue weighted by Crippen LogP contribution is 2.28. The predicted molar refractivity (Wildman–Crippen MR) is 69.4 cm³/mol. The number of carbonyl (C=O) groups is 2. The van der Waals surface area contributed by atoms with Crippen LogP contribution < -0.4 is 0 Å². The van der Waals surface area contributed by atoms with Gasteiger partial charge in [-0.1, -0.05) is 6.08 Å². The standard InChI is InChI=1S/C14H20N2O2/c1-11(17)15-8-5-6-13(10-15)14-7-3-4-9-16(14)12(2)18/h7,10H,3-6,8-9H2,1-2H3.